The third kappa shape index (κ3) is 6.17. The number of nitrogens with zero attached hydrogens (tertiary/aromatic N) is 2. The van der Waals surface area contributed by atoms with Gasteiger partial charge in [0.15, 0.2) is 12.4 Å². The Labute approximate surface area is 178 Å². The molecule has 0 radical (unpaired) electrons. The number of rotatable bonds is 9. The number of carbonyl (C=O) groups is 2. The lowest BCUT2D eigenvalue weighted by Crippen LogP contribution is -2.15. The molecule has 0 unspecified atom stereocenters. The molecule has 0 atom stereocenters. The van der Waals surface area contributed by atoms with Crippen molar-refractivity contribution in [1.29, 1.82) is 0 Å². The first-order valence-corrected chi connectivity index (χ1v) is 9.31. The number of methoxy groups -OCH3 is 2. The summed E-state index contributed by atoms with van der Waals surface area (Å²) in [6, 6.07) is 14.3. The number of carbonyl (C=O) groups excluding carboxylic acids is 2. The summed E-state index contributed by atoms with van der Waals surface area (Å²) in [5.74, 6) is 0.507. The number of benzene rings is 2. The normalized spacial score (nSPS) is 10.6. The van der Waals surface area contributed by atoms with Crippen LogP contribution in [0.15, 0.2) is 59.1 Å². The summed E-state index contributed by atoms with van der Waals surface area (Å²) < 4.78 is 20.5. The molecule has 0 bridgehead atoms. The Morgan fingerprint density at radius 1 is 1.03 bits per heavy atom. The lowest BCUT2D eigenvalue weighted by molar-refractivity contribution is -0.139. The van der Waals surface area contributed by atoms with Gasteiger partial charge in [-0.15, -0.1) is 0 Å². The average Bonchev–Trinajstić information content (AvgIpc) is 3.23. The summed E-state index contributed by atoms with van der Waals surface area (Å²) in [7, 11) is 3.07. The molecule has 3 rings (SSSR count). The molecule has 0 aliphatic heterocycles. The first-order chi connectivity index (χ1) is 15.1. The van der Waals surface area contributed by atoms with Crippen LogP contribution in [0.3, 0.4) is 0 Å². The van der Waals surface area contributed by atoms with Crippen molar-refractivity contribution in [2.75, 3.05) is 19.5 Å². The third-order valence-corrected chi connectivity index (χ3v) is 4.09. The lowest BCUT2D eigenvalue weighted by Gasteiger charge is -2.08. The van der Waals surface area contributed by atoms with Gasteiger partial charge in [0.2, 0.25) is 5.91 Å². The minimum Gasteiger partial charge on any atom is -0.496 e. The van der Waals surface area contributed by atoms with Gasteiger partial charge >= 0.3 is 5.97 Å². The fraction of sp³-hybridized carbons (Fsp3) is 0.182. The summed E-state index contributed by atoms with van der Waals surface area (Å²) in [6.07, 6.45) is 2.75. The highest BCUT2D eigenvalue weighted by Crippen LogP contribution is 2.23. The Balaban J connectivity index is 1.50. The van der Waals surface area contributed by atoms with Crippen molar-refractivity contribution in [1.82, 2.24) is 10.1 Å². The SMILES string of the molecule is COc1ccccc1/C=C/C(=O)OCc1nc(CC(=O)Nc2ccccc2OC)no1. The highest BCUT2D eigenvalue weighted by Gasteiger charge is 2.14. The molecule has 0 saturated carbocycles. The quantitative estimate of drug-likeness (QED) is 0.413. The second kappa shape index (κ2) is 10.6. The summed E-state index contributed by atoms with van der Waals surface area (Å²) in [5.41, 5.74) is 1.28. The van der Waals surface area contributed by atoms with Crippen molar-refractivity contribution in [3.05, 3.63) is 71.9 Å². The molecule has 0 saturated heterocycles. The molecule has 9 nitrogen and oxygen atoms in total. The van der Waals surface area contributed by atoms with E-state index >= 15 is 0 Å². The Kier molecular flexibility index (Phi) is 7.36. The van der Waals surface area contributed by atoms with Crippen molar-refractivity contribution in [3.63, 3.8) is 0 Å². The molecule has 2 aromatic carbocycles. The first-order valence-electron chi connectivity index (χ1n) is 9.31. The molecule has 0 aliphatic carbocycles. The molecule has 1 N–H and O–H groups in total. The fourth-order valence-corrected chi connectivity index (χ4v) is 2.65. The van der Waals surface area contributed by atoms with Gasteiger partial charge in [0.25, 0.3) is 5.89 Å². The lowest BCUT2D eigenvalue weighted by atomic mass is 10.2. The number of esters is 1. The van der Waals surface area contributed by atoms with Crippen molar-refractivity contribution in [3.8, 4) is 11.5 Å². The zero-order valence-corrected chi connectivity index (χ0v) is 17.0. The van der Waals surface area contributed by atoms with Crippen molar-refractivity contribution in [2.24, 2.45) is 0 Å². The Bertz CT molecular complexity index is 1080. The number of aromatic nitrogens is 2. The van der Waals surface area contributed by atoms with Crippen molar-refractivity contribution < 1.29 is 28.3 Å². The minimum absolute atomic E-state index is 0.0825. The van der Waals surface area contributed by atoms with Gasteiger partial charge in [-0.3, -0.25) is 4.79 Å². The predicted molar refractivity (Wildman–Crippen MR) is 111 cm³/mol. The maximum Gasteiger partial charge on any atom is 0.331 e. The monoisotopic (exact) mass is 423 g/mol. The van der Waals surface area contributed by atoms with E-state index in [1.54, 1.807) is 43.5 Å². The molecule has 160 valence electrons. The van der Waals surface area contributed by atoms with Crippen LogP contribution in [0.1, 0.15) is 17.3 Å². The number of amides is 1. The molecule has 31 heavy (non-hydrogen) atoms. The van der Waals surface area contributed by atoms with Gasteiger partial charge in [0.1, 0.15) is 11.5 Å². The van der Waals surface area contributed by atoms with Gasteiger partial charge in [0, 0.05) is 11.6 Å². The zero-order valence-electron chi connectivity index (χ0n) is 17.0. The third-order valence-electron chi connectivity index (χ3n) is 4.09. The van der Waals surface area contributed by atoms with Crippen LogP contribution in [0.4, 0.5) is 5.69 Å². The molecule has 0 fully saturated rings. The van der Waals surface area contributed by atoms with E-state index in [1.165, 1.54) is 13.2 Å². The smallest absolute Gasteiger partial charge is 0.331 e. The Morgan fingerprint density at radius 3 is 2.52 bits per heavy atom. The van der Waals surface area contributed by atoms with Crippen LogP contribution in [0.25, 0.3) is 6.08 Å². The van der Waals surface area contributed by atoms with Gasteiger partial charge in [-0.25, -0.2) is 4.79 Å². The van der Waals surface area contributed by atoms with E-state index in [9.17, 15) is 9.59 Å². The van der Waals surface area contributed by atoms with Crippen LogP contribution in [0.5, 0.6) is 11.5 Å². The Morgan fingerprint density at radius 2 is 1.74 bits per heavy atom. The van der Waals surface area contributed by atoms with E-state index in [4.69, 9.17) is 18.7 Å². The minimum atomic E-state index is -0.584. The van der Waals surface area contributed by atoms with Crippen LogP contribution in [0.2, 0.25) is 0 Å². The van der Waals surface area contributed by atoms with E-state index in [2.05, 4.69) is 15.5 Å². The molecule has 0 spiro atoms. The van der Waals surface area contributed by atoms with E-state index < -0.39 is 5.97 Å². The van der Waals surface area contributed by atoms with E-state index in [0.29, 0.717) is 17.2 Å². The highest BCUT2D eigenvalue weighted by atomic mass is 16.6. The number of para-hydroxylation sites is 3. The predicted octanol–water partition coefficient (Wildman–Crippen LogP) is 3.02. The van der Waals surface area contributed by atoms with Crippen LogP contribution in [-0.4, -0.2) is 36.2 Å². The molecule has 1 heterocycles. The molecule has 1 amide bonds. The van der Waals surface area contributed by atoms with E-state index in [-0.39, 0.29) is 30.7 Å². The molecule has 9 heteroatoms. The van der Waals surface area contributed by atoms with Crippen LogP contribution in [-0.2, 0) is 27.4 Å². The van der Waals surface area contributed by atoms with Crippen molar-refractivity contribution >= 4 is 23.6 Å². The second-order valence-corrected chi connectivity index (χ2v) is 6.21. The first kappa shape index (κ1) is 21.6. The van der Waals surface area contributed by atoms with E-state index in [0.717, 1.165) is 5.56 Å². The van der Waals surface area contributed by atoms with Crippen LogP contribution >= 0.6 is 0 Å². The standard InChI is InChI=1S/C22H21N3O6/c1-28-17-9-5-3-7-15(17)11-12-22(27)30-14-21-24-19(25-31-21)13-20(26)23-16-8-4-6-10-18(16)29-2/h3-12H,13-14H2,1-2H3,(H,23,26)/b12-11+. The molecule has 3 aromatic rings. The van der Waals surface area contributed by atoms with Crippen LogP contribution < -0.4 is 14.8 Å². The van der Waals surface area contributed by atoms with Crippen molar-refractivity contribution in [2.45, 2.75) is 13.0 Å². The molecule has 1 aromatic heterocycles. The number of anilines is 1. The largest absolute Gasteiger partial charge is 0.496 e. The van der Waals surface area contributed by atoms with Gasteiger partial charge in [-0.2, -0.15) is 4.98 Å². The highest BCUT2D eigenvalue weighted by molar-refractivity contribution is 5.93. The second-order valence-electron chi connectivity index (χ2n) is 6.21. The molecular formula is C22H21N3O6. The Hall–Kier alpha value is -4.14. The van der Waals surface area contributed by atoms with Gasteiger partial charge < -0.3 is 24.1 Å². The summed E-state index contributed by atoms with van der Waals surface area (Å²) >= 11 is 0. The van der Waals surface area contributed by atoms with Gasteiger partial charge in [0.05, 0.1) is 26.3 Å². The summed E-state index contributed by atoms with van der Waals surface area (Å²) in [5, 5.41) is 6.45. The number of nitrogens with one attached hydrogen (secondary N) is 1. The molecular weight excluding hydrogens is 402 g/mol. The van der Waals surface area contributed by atoms with Crippen LogP contribution in [0, 0.1) is 0 Å². The zero-order chi connectivity index (χ0) is 22.1. The topological polar surface area (TPSA) is 113 Å². The average molecular weight is 423 g/mol. The maximum atomic E-state index is 12.2. The summed E-state index contributed by atoms with van der Waals surface area (Å²) in [4.78, 5) is 28.2. The van der Waals surface area contributed by atoms with E-state index in [1.807, 2.05) is 18.2 Å². The van der Waals surface area contributed by atoms with Gasteiger partial charge in [-0.05, 0) is 24.3 Å². The fourth-order valence-electron chi connectivity index (χ4n) is 2.65. The molecule has 0 aliphatic rings. The number of hydrogen-bond donors (Lipinski definition) is 1. The number of hydrogen-bond acceptors (Lipinski definition) is 8. The summed E-state index contributed by atoms with van der Waals surface area (Å²) in [6.45, 7) is -0.212. The maximum absolute atomic E-state index is 12.2. The number of ether oxygens (including phenoxy) is 3. The van der Waals surface area contributed by atoms with Gasteiger partial charge in [-0.1, -0.05) is 35.5 Å².